The number of hydrogen-bond acceptors (Lipinski definition) is 5. The molecule has 8 heteroatoms. The Morgan fingerprint density at radius 2 is 1.56 bits per heavy atom. The lowest BCUT2D eigenvalue weighted by Crippen LogP contribution is -2.29. The number of phenolic OH excluding ortho intramolecular Hbond substituents is 2. The molecular formula is C24H21F2NO5. The summed E-state index contributed by atoms with van der Waals surface area (Å²) >= 11 is 0. The van der Waals surface area contributed by atoms with Crippen LogP contribution in [-0.2, 0) is 4.74 Å². The summed E-state index contributed by atoms with van der Waals surface area (Å²) < 4.78 is 32.1. The predicted octanol–water partition coefficient (Wildman–Crippen LogP) is 4.96. The van der Waals surface area contributed by atoms with Gasteiger partial charge in [0, 0.05) is 17.3 Å². The van der Waals surface area contributed by atoms with E-state index in [2.05, 4.69) is 0 Å². The smallest absolute Gasteiger partial charge is 0.415 e. The molecule has 3 aromatic carbocycles. The molecule has 3 N–H and O–H groups in total. The molecule has 1 saturated heterocycles. The van der Waals surface area contributed by atoms with Gasteiger partial charge in [-0.1, -0.05) is 12.1 Å². The van der Waals surface area contributed by atoms with Crippen LogP contribution < -0.4 is 4.90 Å². The number of benzene rings is 3. The molecule has 166 valence electrons. The average molecular weight is 441 g/mol. The highest BCUT2D eigenvalue weighted by Gasteiger charge is 2.44. The van der Waals surface area contributed by atoms with Crippen molar-refractivity contribution in [2.24, 2.45) is 0 Å². The van der Waals surface area contributed by atoms with Gasteiger partial charge in [0.25, 0.3) is 0 Å². The van der Waals surface area contributed by atoms with Crippen LogP contribution in [0.4, 0.5) is 19.3 Å². The highest BCUT2D eigenvalue weighted by atomic mass is 19.1. The van der Waals surface area contributed by atoms with Crippen LogP contribution in [0, 0.1) is 11.6 Å². The summed E-state index contributed by atoms with van der Waals surface area (Å²) in [5.74, 6) is -1.26. The first kappa shape index (κ1) is 21.6. The number of aliphatic hydroxyl groups is 1. The minimum Gasteiger partial charge on any atom is -0.508 e. The second-order valence-corrected chi connectivity index (χ2v) is 7.60. The fourth-order valence-corrected chi connectivity index (χ4v) is 3.91. The molecule has 1 heterocycles. The Kier molecular flexibility index (Phi) is 5.96. The van der Waals surface area contributed by atoms with Gasteiger partial charge in [-0.15, -0.1) is 0 Å². The molecule has 0 aromatic heterocycles. The van der Waals surface area contributed by atoms with Crippen molar-refractivity contribution in [3.05, 3.63) is 89.5 Å². The van der Waals surface area contributed by atoms with Crippen molar-refractivity contribution in [3.8, 4) is 11.5 Å². The van der Waals surface area contributed by atoms with E-state index in [1.165, 1.54) is 65.6 Å². The molecule has 4 rings (SSSR count). The van der Waals surface area contributed by atoms with Crippen LogP contribution in [0.25, 0.3) is 0 Å². The SMILES string of the molecule is O=C1O[C@H](CC[C@H](O)c2ccc(F)cc2)[C@@H](c2ccc(O)cc2O)N1c1ccc(F)cc1. The fraction of sp³-hybridized carbons (Fsp3) is 0.208. The lowest BCUT2D eigenvalue weighted by Gasteiger charge is -2.26. The number of aromatic hydroxyl groups is 2. The molecule has 0 unspecified atom stereocenters. The Hall–Kier alpha value is -3.65. The van der Waals surface area contributed by atoms with Crippen molar-refractivity contribution in [1.82, 2.24) is 0 Å². The lowest BCUT2D eigenvalue weighted by molar-refractivity contribution is 0.100. The Labute approximate surface area is 182 Å². The van der Waals surface area contributed by atoms with Gasteiger partial charge in [0.2, 0.25) is 0 Å². The van der Waals surface area contributed by atoms with Gasteiger partial charge in [-0.05, 0) is 66.9 Å². The number of phenols is 2. The van der Waals surface area contributed by atoms with Gasteiger partial charge in [0.15, 0.2) is 0 Å². The van der Waals surface area contributed by atoms with Crippen molar-refractivity contribution in [3.63, 3.8) is 0 Å². The van der Waals surface area contributed by atoms with Crippen molar-refractivity contribution in [2.75, 3.05) is 4.90 Å². The van der Waals surface area contributed by atoms with Crippen molar-refractivity contribution >= 4 is 11.8 Å². The fourth-order valence-electron chi connectivity index (χ4n) is 3.91. The van der Waals surface area contributed by atoms with Crippen LogP contribution in [0.3, 0.4) is 0 Å². The lowest BCUT2D eigenvalue weighted by atomic mass is 9.94. The molecule has 6 nitrogen and oxygen atoms in total. The molecule has 1 amide bonds. The van der Waals surface area contributed by atoms with E-state index in [0.29, 0.717) is 16.8 Å². The molecule has 1 aliphatic heterocycles. The van der Waals surface area contributed by atoms with Crippen molar-refractivity contribution in [1.29, 1.82) is 0 Å². The van der Waals surface area contributed by atoms with Gasteiger partial charge in [0.05, 0.1) is 6.10 Å². The second-order valence-electron chi connectivity index (χ2n) is 7.60. The summed E-state index contributed by atoms with van der Waals surface area (Å²) in [7, 11) is 0. The summed E-state index contributed by atoms with van der Waals surface area (Å²) in [6, 6.07) is 14.0. The number of amides is 1. The summed E-state index contributed by atoms with van der Waals surface area (Å²) in [5, 5.41) is 30.6. The third kappa shape index (κ3) is 4.36. The molecule has 0 bridgehead atoms. The Bertz CT molecular complexity index is 1100. The van der Waals surface area contributed by atoms with E-state index in [9.17, 15) is 28.9 Å². The first-order chi connectivity index (χ1) is 15.3. The number of nitrogens with zero attached hydrogens (tertiary/aromatic N) is 1. The van der Waals surface area contributed by atoms with Crippen LogP contribution in [-0.4, -0.2) is 27.5 Å². The average Bonchev–Trinajstić information content (AvgIpc) is 3.09. The zero-order chi connectivity index (χ0) is 22.8. The number of aliphatic hydroxyl groups excluding tert-OH is 1. The largest absolute Gasteiger partial charge is 0.508 e. The van der Waals surface area contributed by atoms with E-state index in [0.717, 1.165) is 6.07 Å². The molecular weight excluding hydrogens is 420 g/mol. The van der Waals surface area contributed by atoms with E-state index in [4.69, 9.17) is 4.74 Å². The number of halogens is 2. The summed E-state index contributed by atoms with van der Waals surface area (Å²) in [4.78, 5) is 14.1. The number of ether oxygens (including phenoxy) is 1. The predicted molar refractivity (Wildman–Crippen MR) is 112 cm³/mol. The third-order valence-electron chi connectivity index (χ3n) is 5.50. The molecule has 0 radical (unpaired) electrons. The molecule has 0 aliphatic carbocycles. The molecule has 0 saturated carbocycles. The summed E-state index contributed by atoms with van der Waals surface area (Å²) in [5.41, 5.74) is 1.23. The van der Waals surface area contributed by atoms with Crippen LogP contribution in [0.5, 0.6) is 11.5 Å². The maximum Gasteiger partial charge on any atom is 0.415 e. The number of carbonyl (C=O) groups is 1. The Morgan fingerprint density at radius 3 is 2.19 bits per heavy atom. The van der Waals surface area contributed by atoms with E-state index < -0.39 is 36.0 Å². The number of carbonyl (C=O) groups excluding carboxylic acids is 1. The first-order valence-electron chi connectivity index (χ1n) is 10.0. The van der Waals surface area contributed by atoms with Gasteiger partial charge in [-0.3, -0.25) is 4.90 Å². The molecule has 3 atom stereocenters. The van der Waals surface area contributed by atoms with Crippen LogP contribution in [0.1, 0.15) is 36.1 Å². The first-order valence-corrected chi connectivity index (χ1v) is 10.0. The normalized spacial score (nSPS) is 19.1. The van der Waals surface area contributed by atoms with E-state index in [1.54, 1.807) is 0 Å². The van der Waals surface area contributed by atoms with Crippen LogP contribution in [0.15, 0.2) is 66.7 Å². The molecule has 0 spiro atoms. The number of anilines is 1. The Morgan fingerprint density at radius 1 is 0.938 bits per heavy atom. The minimum atomic E-state index is -0.914. The van der Waals surface area contributed by atoms with Gasteiger partial charge in [-0.25, -0.2) is 13.6 Å². The molecule has 1 fully saturated rings. The zero-order valence-electron chi connectivity index (χ0n) is 16.9. The molecule has 32 heavy (non-hydrogen) atoms. The topological polar surface area (TPSA) is 90.2 Å². The maximum atomic E-state index is 13.4. The zero-order valence-corrected chi connectivity index (χ0v) is 16.9. The van der Waals surface area contributed by atoms with Crippen LogP contribution >= 0.6 is 0 Å². The third-order valence-corrected chi connectivity index (χ3v) is 5.50. The van der Waals surface area contributed by atoms with Gasteiger partial charge >= 0.3 is 6.09 Å². The monoisotopic (exact) mass is 441 g/mol. The Balaban J connectivity index is 1.63. The van der Waals surface area contributed by atoms with Crippen molar-refractivity contribution < 1.29 is 33.6 Å². The standard InChI is InChI=1S/C24H21F2NO5/c25-15-3-1-14(2-4-15)20(29)11-12-22-23(19-10-9-18(28)13-21(19)30)27(24(31)32-22)17-7-5-16(26)6-8-17/h1-10,13,20,22-23,28-30H,11-12H2/t20-,22+,23+/m0/s1. The highest BCUT2D eigenvalue weighted by molar-refractivity contribution is 5.91. The summed E-state index contributed by atoms with van der Waals surface area (Å²) in [6.07, 6.45) is -1.92. The van der Waals surface area contributed by atoms with E-state index in [-0.39, 0.29) is 24.3 Å². The van der Waals surface area contributed by atoms with Crippen LogP contribution in [0.2, 0.25) is 0 Å². The number of rotatable bonds is 6. The minimum absolute atomic E-state index is 0.145. The van der Waals surface area contributed by atoms with Gasteiger partial charge in [0.1, 0.15) is 35.3 Å². The molecule has 3 aromatic rings. The summed E-state index contributed by atoms with van der Waals surface area (Å²) in [6.45, 7) is 0. The molecule has 1 aliphatic rings. The van der Waals surface area contributed by atoms with E-state index in [1.807, 2.05) is 0 Å². The number of cyclic esters (lactones) is 1. The van der Waals surface area contributed by atoms with E-state index >= 15 is 0 Å². The van der Waals surface area contributed by atoms with Gasteiger partial charge < -0.3 is 20.1 Å². The quantitative estimate of drug-likeness (QED) is 0.503. The van der Waals surface area contributed by atoms with Crippen molar-refractivity contribution in [2.45, 2.75) is 31.1 Å². The second kappa shape index (κ2) is 8.84. The maximum absolute atomic E-state index is 13.4. The highest BCUT2D eigenvalue weighted by Crippen LogP contribution is 2.43. The number of hydrogen-bond donors (Lipinski definition) is 3. The van der Waals surface area contributed by atoms with Gasteiger partial charge in [-0.2, -0.15) is 0 Å².